The number of hydrogen-bond donors (Lipinski definition) is 1. The van der Waals surface area contributed by atoms with Crippen LogP contribution in [0.1, 0.15) is 111 Å². The quantitative estimate of drug-likeness (QED) is 0.110. The molecule has 1 atom stereocenters. The van der Waals surface area contributed by atoms with Crippen LogP contribution in [0.4, 0.5) is 0 Å². The van der Waals surface area contributed by atoms with Crippen molar-refractivity contribution in [2.75, 3.05) is 13.2 Å². The molecule has 0 amide bonds. The number of aliphatic hydroxyl groups is 1. The van der Waals surface area contributed by atoms with Crippen LogP contribution in [-0.2, 0) is 40.3 Å². The van der Waals surface area contributed by atoms with E-state index in [2.05, 4.69) is 86.0 Å². The molecule has 3 aliphatic rings. The number of nitrogens with zero attached hydrogens (tertiary/aromatic N) is 5. The van der Waals surface area contributed by atoms with Gasteiger partial charge in [0.05, 0.1) is 33.9 Å². The van der Waals surface area contributed by atoms with Gasteiger partial charge in [-0.25, -0.2) is 15.0 Å². The normalized spacial score (nSPS) is 17.4. The van der Waals surface area contributed by atoms with Gasteiger partial charge in [-0.2, -0.15) is 9.59 Å². The van der Waals surface area contributed by atoms with Crippen molar-refractivity contribution in [2.24, 2.45) is 14.1 Å². The Kier molecular flexibility index (Phi) is 13.9. The lowest BCUT2D eigenvalue weighted by Gasteiger charge is -2.40. The van der Waals surface area contributed by atoms with Gasteiger partial charge in [0.2, 0.25) is 0 Å². The molecular weight excluding hydrogens is 746 g/mol. The lowest BCUT2D eigenvalue weighted by atomic mass is 9.64. The van der Waals surface area contributed by atoms with Gasteiger partial charge in [-0.15, -0.1) is 6.58 Å². The minimum absolute atomic E-state index is 0. The summed E-state index contributed by atoms with van der Waals surface area (Å²) in [5.74, 6) is 2.45. The van der Waals surface area contributed by atoms with E-state index in [1.54, 1.807) is 0 Å². The monoisotopic (exact) mass is 797 g/mol. The highest BCUT2D eigenvalue weighted by molar-refractivity contribution is 9.10. The highest BCUT2D eigenvalue weighted by Crippen LogP contribution is 2.48. The Bertz CT molecular complexity index is 2100. The fraction of sp³-hybridized carbons (Fsp3) is 0.465. The Morgan fingerprint density at radius 2 is 1.74 bits per heavy atom. The first-order valence-corrected chi connectivity index (χ1v) is 19.4. The third-order valence-corrected chi connectivity index (χ3v) is 11.7. The number of Topliss-reactive ketones (excluding diaryl/α,β-unsaturated/α-hetero) is 1. The Morgan fingerprint density at radius 1 is 1.02 bits per heavy atom. The van der Waals surface area contributed by atoms with Crippen LogP contribution in [-0.4, -0.2) is 60.4 Å². The first-order chi connectivity index (χ1) is 25.7. The zero-order valence-corrected chi connectivity index (χ0v) is 32.2. The fourth-order valence-corrected chi connectivity index (χ4v) is 8.59. The number of benzene rings is 2. The van der Waals surface area contributed by atoms with E-state index in [1.807, 2.05) is 24.5 Å². The predicted molar refractivity (Wildman–Crippen MR) is 214 cm³/mol. The van der Waals surface area contributed by atoms with Crippen LogP contribution >= 0.6 is 15.9 Å². The second-order valence-corrected chi connectivity index (χ2v) is 15.5. The maximum atomic E-state index is 14.1. The van der Waals surface area contributed by atoms with Crippen molar-refractivity contribution in [1.82, 2.24) is 24.1 Å². The van der Waals surface area contributed by atoms with Crippen LogP contribution in [0.5, 0.6) is 0 Å². The number of aliphatic hydroxyl groups excluding tert-OH is 1. The van der Waals surface area contributed by atoms with Gasteiger partial charge in [0.1, 0.15) is 5.82 Å². The molecule has 11 heteroatoms. The molecule has 1 unspecified atom stereocenters. The van der Waals surface area contributed by atoms with Gasteiger partial charge >= 0.3 is 6.15 Å². The molecule has 4 heterocycles. The lowest BCUT2D eigenvalue weighted by molar-refractivity contribution is -0.191. The summed E-state index contributed by atoms with van der Waals surface area (Å²) in [5.41, 5.74) is 7.47. The smallest absolute Gasteiger partial charge is 0.373 e. The Balaban J connectivity index is 0.000000449. The zero-order chi connectivity index (χ0) is 37.5. The van der Waals surface area contributed by atoms with Gasteiger partial charge < -0.3 is 19.0 Å². The standard InChI is InChI=1S/C36H38BrN5O.C5H10O2.CO2.CH4/c1-4-5-9-23-12-15-28-30(18-23)42(3)35(40-28)36(16-8-17-36)20-31(43)25-13-14-27-29(19-25)41(2)33(32(27)24-10-6-7-11-24)34-38-21-26(37)22-39-34;6-4-5-2-1-3-7-5;2-1-3;/h4,12-15,18-19,21-22,24H,1,5-11,16-17,20H2,2-3H3;5-6H,1-4H2;;1H4. The van der Waals surface area contributed by atoms with Gasteiger partial charge in [-0.05, 0) is 103 Å². The number of hydrogen-bond acceptors (Lipinski definition) is 8. The summed E-state index contributed by atoms with van der Waals surface area (Å²) in [6, 6.07) is 12.9. The summed E-state index contributed by atoms with van der Waals surface area (Å²) in [6.45, 7) is 4.90. The molecule has 0 spiro atoms. The summed E-state index contributed by atoms with van der Waals surface area (Å²) in [5, 5.41) is 9.66. The number of aromatic nitrogens is 5. The minimum atomic E-state index is -0.221. The number of rotatable bonds is 10. The van der Waals surface area contributed by atoms with Gasteiger partial charge in [-0.3, -0.25) is 4.79 Å². The number of aryl methyl sites for hydroxylation is 3. The van der Waals surface area contributed by atoms with Crippen molar-refractivity contribution >= 4 is 49.8 Å². The Morgan fingerprint density at radius 3 is 2.33 bits per heavy atom. The summed E-state index contributed by atoms with van der Waals surface area (Å²) >= 11 is 3.48. The van der Waals surface area contributed by atoms with Crippen LogP contribution in [0.3, 0.4) is 0 Å². The molecule has 3 aromatic heterocycles. The molecule has 1 N–H and O–H groups in total. The third kappa shape index (κ3) is 8.50. The van der Waals surface area contributed by atoms with Gasteiger partial charge in [-0.1, -0.05) is 51.0 Å². The number of halogens is 1. The van der Waals surface area contributed by atoms with Crippen LogP contribution in [0, 0.1) is 0 Å². The van der Waals surface area contributed by atoms with Crippen molar-refractivity contribution < 1.29 is 24.2 Å². The first-order valence-electron chi connectivity index (χ1n) is 18.7. The van der Waals surface area contributed by atoms with E-state index in [9.17, 15) is 4.79 Å². The second kappa shape index (κ2) is 18.4. The van der Waals surface area contributed by atoms with E-state index in [4.69, 9.17) is 24.4 Å². The number of ketones is 1. The second-order valence-electron chi connectivity index (χ2n) is 14.5. The van der Waals surface area contributed by atoms with E-state index in [0.717, 1.165) is 95.5 Å². The van der Waals surface area contributed by atoms with Gasteiger partial charge in [0, 0.05) is 61.4 Å². The molecule has 1 aliphatic heterocycles. The molecular formula is C43H52BrN5O5. The largest absolute Gasteiger partial charge is 0.394 e. The number of carbonyl (C=O) groups excluding carboxylic acids is 3. The van der Waals surface area contributed by atoms with E-state index in [-0.39, 0.29) is 37.5 Å². The maximum absolute atomic E-state index is 14.1. The molecule has 2 saturated carbocycles. The molecule has 2 aliphatic carbocycles. The molecule has 0 bridgehead atoms. The highest BCUT2D eigenvalue weighted by Gasteiger charge is 2.44. The predicted octanol–water partition coefficient (Wildman–Crippen LogP) is 8.97. The van der Waals surface area contributed by atoms with Gasteiger partial charge in [0.25, 0.3) is 0 Å². The van der Waals surface area contributed by atoms with Crippen LogP contribution in [0.2, 0.25) is 0 Å². The van der Waals surface area contributed by atoms with Crippen LogP contribution in [0.25, 0.3) is 33.5 Å². The minimum Gasteiger partial charge on any atom is -0.394 e. The van der Waals surface area contributed by atoms with Crippen LogP contribution in [0.15, 0.2) is 65.9 Å². The number of carbonyl (C=O) groups is 1. The number of allylic oxidation sites excluding steroid dienone is 1. The van der Waals surface area contributed by atoms with Gasteiger partial charge in [0.15, 0.2) is 11.6 Å². The molecule has 3 fully saturated rings. The molecule has 2 aromatic carbocycles. The molecule has 8 rings (SSSR count). The Hall–Kier alpha value is -4.28. The van der Waals surface area contributed by atoms with Crippen molar-refractivity contribution in [3.05, 3.63) is 88.4 Å². The van der Waals surface area contributed by atoms with Crippen molar-refractivity contribution in [1.29, 1.82) is 0 Å². The molecule has 54 heavy (non-hydrogen) atoms. The van der Waals surface area contributed by atoms with E-state index in [1.165, 1.54) is 42.2 Å². The Labute approximate surface area is 326 Å². The number of ether oxygens (including phenoxy) is 1. The molecule has 1 saturated heterocycles. The summed E-state index contributed by atoms with van der Waals surface area (Å²) in [4.78, 5) is 44.8. The molecule has 0 radical (unpaired) electrons. The van der Waals surface area contributed by atoms with E-state index in [0.29, 0.717) is 12.3 Å². The number of imidazole rings is 1. The van der Waals surface area contributed by atoms with Crippen molar-refractivity contribution in [3.63, 3.8) is 0 Å². The molecule has 286 valence electrons. The molecule has 10 nitrogen and oxygen atoms in total. The lowest BCUT2D eigenvalue weighted by Crippen LogP contribution is -2.39. The topological polar surface area (TPSA) is 129 Å². The summed E-state index contributed by atoms with van der Waals surface area (Å²) < 4.78 is 10.4. The van der Waals surface area contributed by atoms with E-state index < -0.39 is 0 Å². The SMILES string of the molecule is C.C=CCCc1ccc2nc(C3(CC(=O)c4ccc5c(C6CCCC6)c(-c6ncc(Br)cn6)n(C)c5c4)CCC3)n(C)c2c1.O=C=O.OCC1CCCO1. The number of fused-ring (bicyclic) bond motifs is 2. The zero-order valence-electron chi connectivity index (χ0n) is 30.7. The van der Waals surface area contributed by atoms with Crippen molar-refractivity contribution in [3.8, 4) is 11.5 Å². The first kappa shape index (κ1) is 40.9. The average molecular weight is 799 g/mol. The molecule has 5 aromatic rings. The third-order valence-electron chi connectivity index (χ3n) is 11.3. The summed E-state index contributed by atoms with van der Waals surface area (Å²) in [7, 11) is 4.20. The highest BCUT2D eigenvalue weighted by atomic mass is 79.9. The van der Waals surface area contributed by atoms with E-state index >= 15 is 0 Å². The fourth-order valence-electron chi connectivity index (χ4n) is 8.39. The average Bonchev–Trinajstić information content (AvgIpc) is 3.98. The summed E-state index contributed by atoms with van der Waals surface area (Å²) in [6.07, 6.45) is 18.5. The maximum Gasteiger partial charge on any atom is 0.373 e. The van der Waals surface area contributed by atoms with Crippen LogP contribution < -0.4 is 0 Å². The van der Waals surface area contributed by atoms with Crippen molar-refractivity contribution in [2.45, 2.75) is 102 Å².